The fourth-order valence-electron chi connectivity index (χ4n) is 2.05. The van der Waals surface area contributed by atoms with Crippen LogP contribution in [0.25, 0.3) is 11.3 Å². The number of hydrogen-bond donors (Lipinski definition) is 1. The Morgan fingerprint density at radius 1 is 1.35 bits per heavy atom. The molecule has 0 fully saturated rings. The van der Waals surface area contributed by atoms with Crippen LogP contribution in [-0.2, 0) is 11.2 Å². The number of hydrogen-bond acceptors (Lipinski definition) is 3. The largest absolute Gasteiger partial charge is 0.441 e. The maximum atomic E-state index is 11.7. The summed E-state index contributed by atoms with van der Waals surface area (Å²) in [6, 6.07) is 5.18. The third-order valence-electron chi connectivity index (χ3n) is 3.36. The van der Waals surface area contributed by atoms with Gasteiger partial charge in [-0.05, 0) is 30.5 Å². The average Bonchev–Trinajstić information content (AvgIpc) is 2.93. The molecule has 1 N–H and O–H groups in total. The molecule has 0 aliphatic carbocycles. The molecule has 4 nitrogen and oxygen atoms in total. The molecule has 0 saturated carbocycles. The SMILES string of the molecule is CC(C)CCNC(=O)CCc1ncc(-c2ccc(Cl)cc2Cl)o1. The molecule has 1 aromatic heterocycles. The summed E-state index contributed by atoms with van der Waals surface area (Å²) in [5.74, 6) is 1.68. The van der Waals surface area contributed by atoms with Gasteiger partial charge >= 0.3 is 0 Å². The van der Waals surface area contributed by atoms with E-state index in [1.54, 1.807) is 24.4 Å². The van der Waals surface area contributed by atoms with Gasteiger partial charge in [0.2, 0.25) is 5.91 Å². The molecule has 2 rings (SSSR count). The molecule has 0 atom stereocenters. The molecule has 23 heavy (non-hydrogen) atoms. The van der Waals surface area contributed by atoms with E-state index >= 15 is 0 Å². The van der Waals surface area contributed by atoms with Gasteiger partial charge in [0.15, 0.2) is 11.7 Å². The summed E-state index contributed by atoms with van der Waals surface area (Å²) in [6.45, 7) is 4.96. The van der Waals surface area contributed by atoms with Crippen LogP contribution in [-0.4, -0.2) is 17.4 Å². The monoisotopic (exact) mass is 354 g/mol. The Kier molecular flexibility index (Phi) is 6.48. The number of carbonyl (C=O) groups is 1. The van der Waals surface area contributed by atoms with Gasteiger partial charge in [0.1, 0.15) is 0 Å². The second-order valence-electron chi connectivity index (χ2n) is 5.77. The Labute approximate surface area is 146 Å². The predicted octanol–water partition coefficient (Wildman–Crippen LogP) is 4.74. The Balaban J connectivity index is 1.88. The van der Waals surface area contributed by atoms with E-state index in [4.69, 9.17) is 27.6 Å². The second kappa shape index (κ2) is 8.37. The van der Waals surface area contributed by atoms with Crippen LogP contribution >= 0.6 is 23.2 Å². The quantitative estimate of drug-likeness (QED) is 0.780. The highest BCUT2D eigenvalue weighted by atomic mass is 35.5. The molecule has 6 heteroatoms. The van der Waals surface area contributed by atoms with Gasteiger partial charge in [-0.1, -0.05) is 37.0 Å². The Hall–Kier alpha value is -1.52. The molecule has 0 radical (unpaired) electrons. The molecule has 1 aromatic carbocycles. The summed E-state index contributed by atoms with van der Waals surface area (Å²) in [6.07, 6.45) is 3.40. The fourth-order valence-corrected chi connectivity index (χ4v) is 2.55. The lowest BCUT2D eigenvalue weighted by atomic mass is 10.1. The zero-order valence-electron chi connectivity index (χ0n) is 13.2. The topological polar surface area (TPSA) is 55.1 Å². The van der Waals surface area contributed by atoms with Crippen LogP contribution < -0.4 is 5.32 Å². The summed E-state index contributed by atoms with van der Waals surface area (Å²) in [4.78, 5) is 15.9. The van der Waals surface area contributed by atoms with Crippen LogP contribution in [0.4, 0.5) is 0 Å². The lowest BCUT2D eigenvalue weighted by Crippen LogP contribution is -2.25. The first-order valence-electron chi connectivity index (χ1n) is 7.62. The summed E-state index contributed by atoms with van der Waals surface area (Å²) in [7, 11) is 0. The fraction of sp³-hybridized carbons (Fsp3) is 0.412. The molecule has 124 valence electrons. The number of nitrogens with one attached hydrogen (secondary N) is 1. The zero-order valence-corrected chi connectivity index (χ0v) is 14.7. The first kappa shape index (κ1) is 17.8. The van der Waals surface area contributed by atoms with Crippen molar-refractivity contribution in [2.45, 2.75) is 33.1 Å². The van der Waals surface area contributed by atoms with E-state index in [1.165, 1.54) is 0 Å². The van der Waals surface area contributed by atoms with E-state index < -0.39 is 0 Å². The molecule has 0 unspecified atom stereocenters. The van der Waals surface area contributed by atoms with E-state index in [9.17, 15) is 4.79 Å². The van der Waals surface area contributed by atoms with E-state index in [1.807, 2.05) is 0 Å². The molecular formula is C17H20Cl2N2O2. The van der Waals surface area contributed by atoms with Crippen molar-refractivity contribution < 1.29 is 9.21 Å². The number of amides is 1. The second-order valence-corrected chi connectivity index (χ2v) is 6.62. The van der Waals surface area contributed by atoms with Gasteiger partial charge in [-0.2, -0.15) is 0 Å². The van der Waals surface area contributed by atoms with E-state index in [0.717, 1.165) is 12.0 Å². The molecular weight excluding hydrogens is 335 g/mol. The highest BCUT2D eigenvalue weighted by molar-refractivity contribution is 6.36. The maximum absolute atomic E-state index is 11.7. The van der Waals surface area contributed by atoms with Crippen molar-refractivity contribution in [1.29, 1.82) is 0 Å². The normalized spacial score (nSPS) is 11.0. The molecule has 0 saturated heterocycles. The minimum atomic E-state index is 0.00919. The first-order valence-corrected chi connectivity index (χ1v) is 8.38. The molecule has 1 amide bonds. The third-order valence-corrected chi connectivity index (χ3v) is 3.91. The summed E-state index contributed by atoms with van der Waals surface area (Å²) in [5.41, 5.74) is 0.733. The number of carbonyl (C=O) groups excluding carboxylic acids is 1. The smallest absolute Gasteiger partial charge is 0.220 e. The van der Waals surface area contributed by atoms with Crippen LogP contribution in [0.1, 0.15) is 32.6 Å². The van der Waals surface area contributed by atoms with Crippen LogP contribution in [0.2, 0.25) is 10.0 Å². The number of halogens is 2. The van der Waals surface area contributed by atoms with Gasteiger partial charge in [-0.15, -0.1) is 0 Å². The Morgan fingerprint density at radius 2 is 2.13 bits per heavy atom. The highest BCUT2D eigenvalue weighted by Crippen LogP contribution is 2.30. The highest BCUT2D eigenvalue weighted by Gasteiger charge is 2.11. The van der Waals surface area contributed by atoms with Crippen molar-refractivity contribution in [3.8, 4) is 11.3 Å². The van der Waals surface area contributed by atoms with Crippen molar-refractivity contribution in [3.63, 3.8) is 0 Å². The average molecular weight is 355 g/mol. The Morgan fingerprint density at radius 3 is 2.83 bits per heavy atom. The summed E-state index contributed by atoms with van der Waals surface area (Å²) >= 11 is 12.0. The van der Waals surface area contributed by atoms with E-state index in [2.05, 4.69) is 24.1 Å². The van der Waals surface area contributed by atoms with Gasteiger partial charge in [0, 0.05) is 30.0 Å². The van der Waals surface area contributed by atoms with Crippen LogP contribution in [0.5, 0.6) is 0 Å². The predicted molar refractivity (Wildman–Crippen MR) is 92.7 cm³/mol. The third kappa shape index (κ3) is 5.56. The zero-order chi connectivity index (χ0) is 16.8. The summed E-state index contributed by atoms with van der Waals surface area (Å²) in [5, 5.41) is 3.97. The van der Waals surface area contributed by atoms with Crippen molar-refractivity contribution in [2.24, 2.45) is 5.92 Å². The van der Waals surface area contributed by atoms with Gasteiger partial charge in [0.05, 0.1) is 11.2 Å². The van der Waals surface area contributed by atoms with Gasteiger partial charge < -0.3 is 9.73 Å². The van der Waals surface area contributed by atoms with Crippen molar-refractivity contribution in [3.05, 3.63) is 40.3 Å². The number of aryl methyl sites for hydroxylation is 1. The molecule has 0 bridgehead atoms. The van der Waals surface area contributed by atoms with Gasteiger partial charge in [-0.3, -0.25) is 4.79 Å². The van der Waals surface area contributed by atoms with Crippen LogP contribution in [0.3, 0.4) is 0 Å². The lowest BCUT2D eigenvalue weighted by molar-refractivity contribution is -0.121. The van der Waals surface area contributed by atoms with Gasteiger partial charge in [0.25, 0.3) is 0 Å². The maximum Gasteiger partial charge on any atom is 0.220 e. The standard InChI is InChI=1S/C17H20Cl2N2O2/c1-11(2)7-8-20-16(22)5-6-17-21-10-15(23-17)13-4-3-12(18)9-14(13)19/h3-4,9-11H,5-8H2,1-2H3,(H,20,22). The molecule has 2 aromatic rings. The van der Waals surface area contributed by atoms with Crippen LogP contribution in [0, 0.1) is 5.92 Å². The molecule has 0 aliphatic rings. The van der Waals surface area contributed by atoms with Crippen molar-refractivity contribution >= 4 is 29.1 Å². The minimum absolute atomic E-state index is 0.00919. The van der Waals surface area contributed by atoms with E-state index in [0.29, 0.717) is 47.0 Å². The number of oxazole rings is 1. The molecule has 0 spiro atoms. The number of aromatic nitrogens is 1. The van der Waals surface area contributed by atoms with Crippen LogP contribution in [0.15, 0.2) is 28.8 Å². The van der Waals surface area contributed by atoms with Crippen molar-refractivity contribution in [2.75, 3.05) is 6.54 Å². The molecule has 1 heterocycles. The lowest BCUT2D eigenvalue weighted by Gasteiger charge is -2.06. The molecule has 0 aliphatic heterocycles. The van der Waals surface area contributed by atoms with E-state index in [-0.39, 0.29) is 5.91 Å². The minimum Gasteiger partial charge on any atom is -0.441 e. The Bertz CT molecular complexity index is 668. The van der Waals surface area contributed by atoms with Gasteiger partial charge in [-0.25, -0.2) is 4.98 Å². The summed E-state index contributed by atoms with van der Waals surface area (Å²) < 4.78 is 5.66. The number of nitrogens with zero attached hydrogens (tertiary/aromatic N) is 1. The first-order chi connectivity index (χ1) is 11.0. The number of rotatable bonds is 7. The van der Waals surface area contributed by atoms with Crippen molar-refractivity contribution in [1.82, 2.24) is 10.3 Å². The number of benzene rings is 1.